The maximum Gasteiger partial charge on any atom is 0.222 e. The SMILES string of the molecule is O=C(CCCn1cccn1)N1CCC[C@](O)(CO)CC1. The fraction of sp³-hybridized carbons (Fsp3) is 0.714. The van der Waals surface area contributed by atoms with Gasteiger partial charge in [-0.1, -0.05) is 0 Å². The lowest BCUT2D eigenvalue weighted by atomic mass is 9.96. The van der Waals surface area contributed by atoms with Crippen LogP contribution in [0.4, 0.5) is 0 Å². The highest BCUT2D eigenvalue weighted by molar-refractivity contribution is 5.76. The average Bonchev–Trinajstić information content (AvgIpc) is 2.87. The Morgan fingerprint density at radius 1 is 1.35 bits per heavy atom. The van der Waals surface area contributed by atoms with Gasteiger partial charge >= 0.3 is 0 Å². The molecule has 1 atom stereocenters. The molecule has 0 aromatic carbocycles. The summed E-state index contributed by atoms with van der Waals surface area (Å²) >= 11 is 0. The minimum atomic E-state index is -1.01. The second-order valence-corrected chi connectivity index (χ2v) is 5.49. The maximum atomic E-state index is 12.1. The van der Waals surface area contributed by atoms with Crippen molar-refractivity contribution in [3.63, 3.8) is 0 Å². The second-order valence-electron chi connectivity index (χ2n) is 5.49. The van der Waals surface area contributed by atoms with Crippen molar-refractivity contribution in [2.45, 2.75) is 44.2 Å². The van der Waals surface area contributed by atoms with Gasteiger partial charge in [0.25, 0.3) is 0 Å². The van der Waals surface area contributed by atoms with Crippen LogP contribution in [0.5, 0.6) is 0 Å². The largest absolute Gasteiger partial charge is 0.393 e. The lowest BCUT2D eigenvalue weighted by Gasteiger charge is -2.24. The molecule has 2 rings (SSSR count). The zero-order chi connectivity index (χ0) is 14.4. The first-order chi connectivity index (χ1) is 9.63. The molecule has 20 heavy (non-hydrogen) atoms. The molecule has 112 valence electrons. The van der Waals surface area contributed by atoms with Crippen molar-refractivity contribution in [1.29, 1.82) is 0 Å². The first-order valence-electron chi connectivity index (χ1n) is 7.21. The Hall–Kier alpha value is -1.40. The molecule has 0 bridgehead atoms. The molecule has 1 aromatic heterocycles. The van der Waals surface area contributed by atoms with E-state index in [2.05, 4.69) is 5.10 Å². The molecule has 1 amide bonds. The molecule has 0 radical (unpaired) electrons. The van der Waals surface area contributed by atoms with E-state index in [1.54, 1.807) is 11.1 Å². The Balaban J connectivity index is 1.75. The lowest BCUT2D eigenvalue weighted by molar-refractivity contribution is -0.131. The minimum absolute atomic E-state index is 0.124. The summed E-state index contributed by atoms with van der Waals surface area (Å²) < 4.78 is 1.82. The van der Waals surface area contributed by atoms with Crippen molar-refractivity contribution in [3.8, 4) is 0 Å². The number of likely N-dealkylation sites (tertiary alicyclic amines) is 1. The Morgan fingerprint density at radius 3 is 2.90 bits per heavy atom. The summed E-state index contributed by atoms with van der Waals surface area (Å²) in [6.07, 6.45) is 6.62. The Kier molecular flexibility index (Phi) is 5.14. The fourth-order valence-corrected chi connectivity index (χ4v) is 2.57. The number of hydrogen-bond donors (Lipinski definition) is 2. The number of aryl methyl sites for hydroxylation is 1. The Bertz CT molecular complexity index is 421. The third kappa shape index (κ3) is 4.05. The van der Waals surface area contributed by atoms with E-state index in [9.17, 15) is 15.0 Å². The zero-order valence-corrected chi connectivity index (χ0v) is 11.7. The quantitative estimate of drug-likeness (QED) is 0.819. The van der Waals surface area contributed by atoms with Gasteiger partial charge in [0.2, 0.25) is 5.91 Å². The molecule has 1 aromatic rings. The smallest absolute Gasteiger partial charge is 0.222 e. The van der Waals surface area contributed by atoms with Crippen LogP contribution in [0.15, 0.2) is 18.5 Å². The number of nitrogens with zero attached hydrogens (tertiary/aromatic N) is 3. The van der Waals surface area contributed by atoms with Gasteiger partial charge in [0.15, 0.2) is 0 Å². The van der Waals surface area contributed by atoms with Crippen molar-refractivity contribution in [3.05, 3.63) is 18.5 Å². The van der Waals surface area contributed by atoms with Crippen LogP contribution in [0, 0.1) is 0 Å². The van der Waals surface area contributed by atoms with Gasteiger partial charge in [-0.25, -0.2) is 0 Å². The molecule has 2 heterocycles. The topological polar surface area (TPSA) is 78.6 Å². The first kappa shape index (κ1) is 15.0. The van der Waals surface area contributed by atoms with Gasteiger partial charge in [-0.2, -0.15) is 5.10 Å². The Morgan fingerprint density at radius 2 is 2.20 bits per heavy atom. The molecule has 6 heteroatoms. The summed E-state index contributed by atoms with van der Waals surface area (Å²) in [4.78, 5) is 13.9. The number of carbonyl (C=O) groups is 1. The first-order valence-corrected chi connectivity index (χ1v) is 7.21. The van der Waals surface area contributed by atoms with Gasteiger partial charge in [0.05, 0.1) is 12.2 Å². The van der Waals surface area contributed by atoms with Crippen molar-refractivity contribution in [1.82, 2.24) is 14.7 Å². The zero-order valence-electron chi connectivity index (χ0n) is 11.7. The molecule has 0 spiro atoms. The molecule has 1 aliphatic heterocycles. The highest BCUT2D eigenvalue weighted by Crippen LogP contribution is 2.22. The highest BCUT2D eigenvalue weighted by Gasteiger charge is 2.30. The number of aromatic nitrogens is 2. The molecule has 1 fully saturated rings. The van der Waals surface area contributed by atoms with Crippen LogP contribution in [0.3, 0.4) is 0 Å². The molecule has 1 saturated heterocycles. The Labute approximate surface area is 119 Å². The summed E-state index contributed by atoms with van der Waals surface area (Å²) in [7, 11) is 0. The van der Waals surface area contributed by atoms with E-state index >= 15 is 0 Å². The van der Waals surface area contributed by atoms with E-state index in [4.69, 9.17) is 0 Å². The summed E-state index contributed by atoms with van der Waals surface area (Å²) in [5, 5.41) is 23.3. The summed E-state index contributed by atoms with van der Waals surface area (Å²) in [5.74, 6) is 0.124. The number of aliphatic hydroxyl groups is 2. The van der Waals surface area contributed by atoms with Gasteiger partial charge in [-0.15, -0.1) is 0 Å². The van der Waals surface area contributed by atoms with E-state index in [0.29, 0.717) is 32.4 Å². The molecular weight excluding hydrogens is 258 g/mol. The summed E-state index contributed by atoms with van der Waals surface area (Å²) in [6, 6.07) is 1.87. The highest BCUT2D eigenvalue weighted by atomic mass is 16.3. The normalized spacial score (nSPS) is 23.6. The van der Waals surface area contributed by atoms with Gasteiger partial charge in [0, 0.05) is 38.4 Å². The van der Waals surface area contributed by atoms with Crippen LogP contribution in [-0.4, -0.2) is 56.1 Å². The van der Waals surface area contributed by atoms with Crippen LogP contribution in [0.25, 0.3) is 0 Å². The molecule has 2 N–H and O–H groups in total. The maximum absolute atomic E-state index is 12.1. The number of hydrogen-bond acceptors (Lipinski definition) is 4. The van der Waals surface area contributed by atoms with E-state index in [1.807, 2.05) is 16.9 Å². The molecular formula is C14H23N3O3. The standard InChI is InChI=1S/C14H23N3O3/c18-12-14(20)5-2-8-16(11-6-14)13(19)4-1-9-17-10-3-7-15-17/h3,7,10,18,20H,1-2,4-6,8-9,11-12H2/t14-/m1/s1. The third-order valence-electron chi connectivity index (χ3n) is 3.90. The van der Waals surface area contributed by atoms with Crippen LogP contribution < -0.4 is 0 Å². The molecule has 0 aliphatic carbocycles. The number of aliphatic hydroxyl groups excluding tert-OH is 1. The van der Waals surface area contributed by atoms with E-state index < -0.39 is 5.60 Å². The van der Waals surface area contributed by atoms with Crippen molar-refractivity contribution in [2.75, 3.05) is 19.7 Å². The lowest BCUT2D eigenvalue weighted by Crippen LogP contribution is -2.36. The third-order valence-corrected chi connectivity index (χ3v) is 3.90. The van der Waals surface area contributed by atoms with Gasteiger partial charge < -0.3 is 15.1 Å². The monoisotopic (exact) mass is 281 g/mol. The van der Waals surface area contributed by atoms with Crippen LogP contribution >= 0.6 is 0 Å². The summed E-state index contributed by atoms with van der Waals surface area (Å²) in [6.45, 7) is 1.71. The van der Waals surface area contributed by atoms with Gasteiger partial charge in [-0.05, 0) is 31.7 Å². The second kappa shape index (κ2) is 6.85. The van der Waals surface area contributed by atoms with E-state index in [0.717, 1.165) is 19.4 Å². The van der Waals surface area contributed by atoms with Crippen molar-refractivity contribution < 1.29 is 15.0 Å². The van der Waals surface area contributed by atoms with Crippen LogP contribution in [-0.2, 0) is 11.3 Å². The van der Waals surface area contributed by atoms with Crippen LogP contribution in [0.2, 0.25) is 0 Å². The van der Waals surface area contributed by atoms with E-state index in [-0.39, 0.29) is 12.5 Å². The van der Waals surface area contributed by atoms with Gasteiger partial charge in [0.1, 0.15) is 0 Å². The molecule has 1 aliphatic rings. The van der Waals surface area contributed by atoms with Crippen LogP contribution in [0.1, 0.15) is 32.1 Å². The van der Waals surface area contributed by atoms with Crippen molar-refractivity contribution in [2.24, 2.45) is 0 Å². The van der Waals surface area contributed by atoms with Crippen molar-refractivity contribution >= 4 is 5.91 Å². The minimum Gasteiger partial charge on any atom is -0.393 e. The molecule has 6 nitrogen and oxygen atoms in total. The average molecular weight is 281 g/mol. The summed E-state index contributed by atoms with van der Waals surface area (Å²) in [5.41, 5.74) is -1.01. The van der Waals surface area contributed by atoms with Gasteiger partial charge in [-0.3, -0.25) is 9.48 Å². The fourth-order valence-electron chi connectivity index (χ4n) is 2.57. The molecule has 0 unspecified atom stereocenters. The predicted molar refractivity (Wildman–Crippen MR) is 73.9 cm³/mol. The van der Waals surface area contributed by atoms with E-state index in [1.165, 1.54) is 0 Å². The number of amides is 1. The predicted octanol–water partition coefficient (Wildman–Crippen LogP) is 0.399. The molecule has 0 saturated carbocycles. The number of rotatable bonds is 5. The number of carbonyl (C=O) groups excluding carboxylic acids is 1.